The Morgan fingerprint density at radius 1 is 1.23 bits per heavy atom. The van der Waals surface area contributed by atoms with E-state index in [9.17, 15) is 24.2 Å². The zero-order chi connectivity index (χ0) is 18.8. The minimum absolute atomic E-state index is 0.0476. The Hall–Kier alpha value is -2.62. The number of aromatic amines is 1. The number of carboxylic acid groups (broad SMARTS) is 1. The van der Waals surface area contributed by atoms with E-state index in [1.54, 1.807) is 18.2 Å². The number of carboxylic acids is 1. The van der Waals surface area contributed by atoms with E-state index >= 15 is 0 Å². The number of aromatic hydroxyl groups is 1. The van der Waals surface area contributed by atoms with Crippen LogP contribution in [0.5, 0.6) is 5.75 Å². The van der Waals surface area contributed by atoms with Gasteiger partial charge in [0.25, 0.3) is 5.91 Å². The van der Waals surface area contributed by atoms with Crippen molar-refractivity contribution in [3.05, 3.63) is 63.1 Å². The molecule has 1 atom stereocenters. The number of hydrogen-bond donors (Lipinski definition) is 4. The lowest BCUT2D eigenvalue weighted by Gasteiger charge is -2.14. The van der Waals surface area contributed by atoms with Crippen LogP contribution in [0, 0.1) is 9.39 Å². The molecule has 8 heteroatoms. The van der Waals surface area contributed by atoms with E-state index in [0.29, 0.717) is 14.5 Å². The Labute approximate surface area is 161 Å². The second-order valence-electron chi connectivity index (χ2n) is 5.74. The number of phenolic OH excluding ortho intramolecular Hbond substituents is 1. The summed E-state index contributed by atoms with van der Waals surface area (Å²) in [5.41, 5.74) is 0.928. The molecule has 3 aromatic rings. The Kier molecular flexibility index (Phi) is 5.12. The number of H-pyrrole nitrogens is 1. The van der Waals surface area contributed by atoms with E-state index in [4.69, 9.17) is 0 Å². The van der Waals surface area contributed by atoms with Crippen LogP contribution >= 0.6 is 22.6 Å². The Balaban J connectivity index is 1.80. The minimum atomic E-state index is -1.19. The molecule has 0 aliphatic rings. The number of para-hydroxylation sites is 1. The largest absolute Gasteiger partial charge is 0.507 e. The summed E-state index contributed by atoms with van der Waals surface area (Å²) in [6, 6.07) is 9.47. The summed E-state index contributed by atoms with van der Waals surface area (Å²) in [5, 5.41) is 21.9. The molecule has 0 fully saturated rings. The molecule has 6 nitrogen and oxygen atoms in total. The van der Waals surface area contributed by atoms with Crippen LogP contribution in [-0.2, 0) is 11.2 Å². The highest BCUT2D eigenvalue weighted by atomic mass is 127. The number of carbonyl (C=O) groups excluding carboxylic acids is 1. The lowest BCUT2D eigenvalue weighted by atomic mass is 10.1. The van der Waals surface area contributed by atoms with Crippen molar-refractivity contribution in [2.75, 3.05) is 0 Å². The number of amides is 1. The van der Waals surface area contributed by atoms with E-state index in [0.717, 1.165) is 0 Å². The van der Waals surface area contributed by atoms with Gasteiger partial charge in [-0.05, 0) is 52.4 Å². The maximum atomic E-state index is 13.7. The molecule has 26 heavy (non-hydrogen) atoms. The first-order valence-electron chi connectivity index (χ1n) is 7.63. The summed E-state index contributed by atoms with van der Waals surface area (Å²) in [4.78, 5) is 26.6. The highest BCUT2D eigenvalue weighted by Crippen LogP contribution is 2.21. The van der Waals surface area contributed by atoms with Gasteiger partial charge in [-0.2, -0.15) is 0 Å². The molecule has 1 amide bonds. The van der Waals surface area contributed by atoms with Gasteiger partial charge >= 0.3 is 5.97 Å². The van der Waals surface area contributed by atoms with Gasteiger partial charge in [-0.3, -0.25) is 4.79 Å². The first kappa shape index (κ1) is 18.2. The van der Waals surface area contributed by atoms with E-state index in [-0.39, 0.29) is 23.4 Å². The van der Waals surface area contributed by atoms with Crippen LogP contribution in [-0.4, -0.2) is 33.1 Å². The molecule has 0 aliphatic carbocycles. The van der Waals surface area contributed by atoms with E-state index in [1.807, 2.05) is 22.6 Å². The van der Waals surface area contributed by atoms with Crippen molar-refractivity contribution >= 4 is 45.4 Å². The molecule has 2 aromatic carbocycles. The topological polar surface area (TPSA) is 102 Å². The molecule has 0 aliphatic heterocycles. The molecular weight excluding hydrogens is 454 g/mol. The van der Waals surface area contributed by atoms with E-state index in [2.05, 4.69) is 10.3 Å². The smallest absolute Gasteiger partial charge is 0.326 e. The zero-order valence-electron chi connectivity index (χ0n) is 13.3. The number of aromatic nitrogens is 1. The van der Waals surface area contributed by atoms with E-state index in [1.165, 1.54) is 24.3 Å². The van der Waals surface area contributed by atoms with Gasteiger partial charge < -0.3 is 20.5 Å². The third kappa shape index (κ3) is 3.79. The summed E-state index contributed by atoms with van der Waals surface area (Å²) < 4.78 is 14.3. The lowest BCUT2D eigenvalue weighted by Crippen LogP contribution is -2.42. The van der Waals surface area contributed by atoms with Gasteiger partial charge in [-0.15, -0.1) is 0 Å². The number of halogens is 2. The Morgan fingerprint density at radius 3 is 2.65 bits per heavy atom. The van der Waals surface area contributed by atoms with Crippen molar-refractivity contribution in [3.8, 4) is 5.75 Å². The average Bonchev–Trinajstić information content (AvgIpc) is 3.03. The van der Waals surface area contributed by atoms with Gasteiger partial charge in [0, 0.05) is 11.8 Å². The molecule has 4 N–H and O–H groups in total. The van der Waals surface area contributed by atoms with Crippen LogP contribution in [0.4, 0.5) is 4.39 Å². The number of hydrogen-bond acceptors (Lipinski definition) is 3. The van der Waals surface area contributed by atoms with Gasteiger partial charge in [-0.1, -0.05) is 18.2 Å². The number of aliphatic carboxylic acids is 1. The monoisotopic (exact) mass is 468 g/mol. The molecule has 0 saturated heterocycles. The lowest BCUT2D eigenvalue weighted by molar-refractivity contribution is -0.139. The fraction of sp³-hybridized carbons (Fsp3) is 0.111. The van der Waals surface area contributed by atoms with Crippen LogP contribution < -0.4 is 5.32 Å². The number of benzene rings is 2. The number of carbonyl (C=O) groups is 2. The highest BCUT2D eigenvalue weighted by molar-refractivity contribution is 14.1. The second-order valence-corrected chi connectivity index (χ2v) is 6.90. The van der Waals surface area contributed by atoms with Gasteiger partial charge in [0.2, 0.25) is 0 Å². The van der Waals surface area contributed by atoms with Gasteiger partial charge in [-0.25, -0.2) is 9.18 Å². The number of nitrogens with one attached hydrogen (secondary N) is 2. The summed E-state index contributed by atoms with van der Waals surface area (Å²) in [6.07, 6.45) is 0.0476. The van der Waals surface area contributed by atoms with Gasteiger partial charge in [0.1, 0.15) is 23.3 Å². The molecule has 0 spiro atoms. The zero-order valence-corrected chi connectivity index (χ0v) is 15.5. The molecule has 3 rings (SSSR count). The third-order valence-corrected chi connectivity index (χ3v) is 4.77. The van der Waals surface area contributed by atoms with Crippen LogP contribution in [0.15, 0.2) is 42.5 Å². The van der Waals surface area contributed by atoms with Crippen molar-refractivity contribution in [1.29, 1.82) is 0 Å². The predicted molar refractivity (Wildman–Crippen MR) is 102 cm³/mol. The fourth-order valence-electron chi connectivity index (χ4n) is 2.59. The fourth-order valence-corrected chi connectivity index (χ4v) is 3.17. The first-order valence-corrected chi connectivity index (χ1v) is 8.71. The third-order valence-electron chi connectivity index (χ3n) is 3.91. The number of fused-ring (bicyclic) bond motifs is 1. The van der Waals surface area contributed by atoms with Crippen LogP contribution in [0.25, 0.3) is 10.9 Å². The molecule has 0 saturated carbocycles. The predicted octanol–water partition coefficient (Wildman–Crippen LogP) is 3.04. The summed E-state index contributed by atoms with van der Waals surface area (Å²) in [6.45, 7) is 0. The standard InChI is InChI=1S/C18H14FIN2O4/c19-11-3-1-2-10-8-13(21-16(10)11)17(24)22-14(18(25)26)7-9-4-5-15(23)12(20)6-9/h1-6,8,14,21,23H,7H2,(H,22,24)(H,25,26)/t14-/m0/s1. The molecule has 0 radical (unpaired) electrons. The molecular formula is C18H14FIN2O4. The Bertz CT molecular complexity index is 1000. The molecule has 0 bridgehead atoms. The average molecular weight is 468 g/mol. The van der Waals surface area contributed by atoms with Crippen molar-refractivity contribution in [2.45, 2.75) is 12.5 Å². The molecule has 134 valence electrons. The number of phenols is 1. The van der Waals surface area contributed by atoms with Crippen molar-refractivity contribution in [2.24, 2.45) is 0 Å². The SMILES string of the molecule is O=C(N[C@@H](Cc1ccc(O)c(I)c1)C(=O)O)c1cc2cccc(F)c2[nH]1. The van der Waals surface area contributed by atoms with Crippen molar-refractivity contribution in [1.82, 2.24) is 10.3 Å². The van der Waals surface area contributed by atoms with Crippen LogP contribution in [0.2, 0.25) is 0 Å². The summed E-state index contributed by atoms with van der Waals surface area (Å²) >= 11 is 1.93. The van der Waals surface area contributed by atoms with Crippen LogP contribution in [0.1, 0.15) is 16.1 Å². The summed E-state index contributed by atoms with van der Waals surface area (Å²) in [7, 11) is 0. The molecule has 1 heterocycles. The minimum Gasteiger partial charge on any atom is -0.507 e. The maximum absolute atomic E-state index is 13.7. The van der Waals surface area contributed by atoms with Gasteiger partial charge in [0.15, 0.2) is 0 Å². The second kappa shape index (κ2) is 7.32. The van der Waals surface area contributed by atoms with E-state index < -0.39 is 23.7 Å². The van der Waals surface area contributed by atoms with Crippen LogP contribution in [0.3, 0.4) is 0 Å². The maximum Gasteiger partial charge on any atom is 0.326 e. The first-order chi connectivity index (χ1) is 12.3. The molecule has 0 unspecified atom stereocenters. The summed E-state index contributed by atoms with van der Waals surface area (Å²) in [5.74, 6) is -2.22. The van der Waals surface area contributed by atoms with Crippen molar-refractivity contribution < 1.29 is 24.2 Å². The molecule has 1 aromatic heterocycles. The number of rotatable bonds is 5. The van der Waals surface area contributed by atoms with Crippen molar-refractivity contribution in [3.63, 3.8) is 0 Å². The quantitative estimate of drug-likeness (QED) is 0.433. The normalized spacial score (nSPS) is 12.1. The van der Waals surface area contributed by atoms with Gasteiger partial charge in [0.05, 0.1) is 9.09 Å². The Morgan fingerprint density at radius 2 is 2.00 bits per heavy atom. The highest BCUT2D eigenvalue weighted by Gasteiger charge is 2.22.